The van der Waals surface area contributed by atoms with Gasteiger partial charge in [0.25, 0.3) is 0 Å². The first-order valence-corrected chi connectivity index (χ1v) is 16.0. The fourth-order valence-electron chi connectivity index (χ4n) is 8.22. The van der Waals surface area contributed by atoms with Gasteiger partial charge in [-0.05, 0) is 124 Å². The van der Waals surface area contributed by atoms with Crippen molar-refractivity contribution in [2.45, 2.75) is 128 Å². The van der Waals surface area contributed by atoms with E-state index >= 15 is 4.39 Å². The molecule has 0 radical (unpaired) electrons. The van der Waals surface area contributed by atoms with Crippen molar-refractivity contribution in [3.05, 3.63) is 58.4 Å². The zero-order chi connectivity index (χ0) is 27.4. The van der Waals surface area contributed by atoms with Crippen molar-refractivity contribution < 1.29 is 13.2 Å². The zero-order valence-electron chi connectivity index (χ0n) is 23.9. The van der Waals surface area contributed by atoms with Crippen molar-refractivity contribution in [2.75, 3.05) is 0 Å². The molecule has 5 rings (SSSR count). The molecule has 1 aromatic heterocycles. The lowest BCUT2D eigenvalue weighted by Gasteiger charge is -2.38. The molecule has 3 saturated carbocycles. The number of allylic oxidation sites excluding steroid dienone is 1. The summed E-state index contributed by atoms with van der Waals surface area (Å²) in [7, 11) is 0. The Morgan fingerprint density at radius 1 is 0.949 bits per heavy atom. The van der Waals surface area contributed by atoms with Gasteiger partial charge in [-0.3, -0.25) is 0 Å². The Labute approximate surface area is 233 Å². The third-order valence-electron chi connectivity index (χ3n) is 10.7. The lowest BCUT2D eigenvalue weighted by molar-refractivity contribution is 0.133. The van der Waals surface area contributed by atoms with Gasteiger partial charge in [0.15, 0.2) is 0 Å². The molecular weight excluding hydrogens is 490 g/mol. The molecule has 0 spiro atoms. The SMILES string of the molecule is C=CCCC1CCC(C2CCC(c3ccc4cc(C5CCC(CCCC)C(F)C5)oc(=O)c4c3F)CC2)CC1. The number of hydrogen-bond acceptors (Lipinski definition) is 2. The summed E-state index contributed by atoms with van der Waals surface area (Å²) < 4.78 is 36.3. The summed E-state index contributed by atoms with van der Waals surface area (Å²) in [5.74, 6) is 2.75. The monoisotopic (exact) mass is 538 g/mol. The van der Waals surface area contributed by atoms with E-state index in [1.165, 1.54) is 32.1 Å². The Kier molecular flexibility index (Phi) is 9.61. The summed E-state index contributed by atoms with van der Waals surface area (Å²) >= 11 is 0. The second-order valence-electron chi connectivity index (χ2n) is 13.1. The molecule has 3 fully saturated rings. The highest BCUT2D eigenvalue weighted by Crippen LogP contribution is 2.45. The minimum atomic E-state index is -0.863. The molecule has 3 unspecified atom stereocenters. The average molecular weight is 539 g/mol. The molecule has 3 atom stereocenters. The predicted octanol–water partition coefficient (Wildman–Crippen LogP) is 10.4. The Morgan fingerprint density at radius 3 is 2.31 bits per heavy atom. The van der Waals surface area contributed by atoms with Gasteiger partial charge in [0, 0.05) is 5.92 Å². The van der Waals surface area contributed by atoms with Crippen molar-refractivity contribution in [1.29, 1.82) is 0 Å². The van der Waals surface area contributed by atoms with E-state index in [0.717, 1.165) is 82.0 Å². The second-order valence-corrected chi connectivity index (χ2v) is 13.1. The number of fused-ring (bicyclic) bond motifs is 1. The Balaban J connectivity index is 1.22. The first kappa shape index (κ1) is 28.6. The van der Waals surface area contributed by atoms with E-state index in [2.05, 4.69) is 13.5 Å². The van der Waals surface area contributed by atoms with E-state index in [1.54, 1.807) is 6.07 Å². The first-order chi connectivity index (χ1) is 19.0. The first-order valence-electron chi connectivity index (χ1n) is 16.0. The molecule has 1 aromatic carbocycles. The number of rotatable bonds is 9. The van der Waals surface area contributed by atoms with Crippen LogP contribution in [0.15, 0.2) is 40.1 Å². The van der Waals surface area contributed by atoms with E-state index in [9.17, 15) is 9.18 Å². The molecule has 0 aliphatic heterocycles. The molecule has 39 heavy (non-hydrogen) atoms. The summed E-state index contributed by atoms with van der Waals surface area (Å²) in [6.07, 6.45) is 18.4. The smallest absolute Gasteiger partial charge is 0.346 e. The standard InChI is InChI=1S/C35H48F2O2/c1-3-5-7-23-9-11-24(12-10-23)25-13-15-26(16-14-25)30-20-19-29-22-32(39-35(38)33(29)34(30)37)28-18-17-27(8-6-4-2)31(36)21-28/h3,19-20,22-28,31H,1,4-18,21H2,2H3. The van der Waals surface area contributed by atoms with Gasteiger partial charge in [-0.15, -0.1) is 6.58 Å². The van der Waals surface area contributed by atoms with E-state index in [1.807, 2.05) is 18.2 Å². The van der Waals surface area contributed by atoms with Crippen LogP contribution in [0.4, 0.5) is 8.78 Å². The molecular formula is C35H48F2O2. The van der Waals surface area contributed by atoms with Crippen LogP contribution in [0.25, 0.3) is 10.8 Å². The molecule has 1 heterocycles. The summed E-state index contributed by atoms with van der Waals surface area (Å²) in [6.45, 7) is 6.00. The second kappa shape index (κ2) is 13.1. The fourth-order valence-corrected chi connectivity index (χ4v) is 8.22. The number of halogens is 2. The maximum absolute atomic E-state index is 15.8. The Hall–Kier alpha value is -1.97. The molecule has 0 amide bonds. The third-order valence-corrected chi connectivity index (χ3v) is 10.7. The number of alkyl halides is 1. The van der Waals surface area contributed by atoms with Crippen LogP contribution in [0.2, 0.25) is 0 Å². The van der Waals surface area contributed by atoms with Gasteiger partial charge in [-0.1, -0.05) is 50.8 Å². The van der Waals surface area contributed by atoms with E-state index in [-0.39, 0.29) is 23.1 Å². The highest BCUT2D eigenvalue weighted by molar-refractivity contribution is 5.83. The normalized spacial score (nSPS) is 31.8. The summed E-state index contributed by atoms with van der Waals surface area (Å²) in [4.78, 5) is 13.0. The van der Waals surface area contributed by atoms with Gasteiger partial charge in [0.05, 0.1) is 0 Å². The van der Waals surface area contributed by atoms with Crippen molar-refractivity contribution in [2.24, 2.45) is 23.7 Å². The Morgan fingerprint density at radius 2 is 1.64 bits per heavy atom. The molecule has 0 N–H and O–H groups in total. The molecule has 3 aliphatic carbocycles. The highest BCUT2D eigenvalue weighted by atomic mass is 19.1. The van der Waals surface area contributed by atoms with Crippen LogP contribution in [0, 0.1) is 29.5 Å². The lowest BCUT2D eigenvalue weighted by atomic mass is 9.68. The highest BCUT2D eigenvalue weighted by Gasteiger charge is 2.34. The van der Waals surface area contributed by atoms with Gasteiger partial charge >= 0.3 is 5.63 Å². The molecule has 2 nitrogen and oxygen atoms in total. The molecule has 0 bridgehead atoms. The van der Waals surface area contributed by atoms with Gasteiger partial charge in [-0.2, -0.15) is 0 Å². The maximum Gasteiger partial charge on any atom is 0.346 e. The zero-order valence-corrected chi connectivity index (χ0v) is 23.9. The molecule has 4 heteroatoms. The summed E-state index contributed by atoms with van der Waals surface area (Å²) in [5.41, 5.74) is 0.0710. The summed E-state index contributed by atoms with van der Waals surface area (Å²) in [5, 5.41) is 0.664. The predicted molar refractivity (Wildman–Crippen MR) is 157 cm³/mol. The third kappa shape index (κ3) is 6.51. The number of unbranched alkanes of at least 4 members (excludes halogenated alkanes) is 1. The van der Waals surface area contributed by atoms with Gasteiger partial charge in [0.1, 0.15) is 23.1 Å². The van der Waals surface area contributed by atoms with E-state index in [4.69, 9.17) is 4.42 Å². The Bertz CT molecular complexity index is 1150. The topological polar surface area (TPSA) is 30.2 Å². The quantitative estimate of drug-likeness (QED) is 0.297. The minimum Gasteiger partial charge on any atom is -0.427 e. The molecule has 214 valence electrons. The molecule has 0 saturated heterocycles. The van der Waals surface area contributed by atoms with Crippen LogP contribution in [-0.4, -0.2) is 6.17 Å². The fraction of sp³-hybridized carbons (Fsp3) is 0.686. The maximum atomic E-state index is 15.8. The summed E-state index contributed by atoms with van der Waals surface area (Å²) in [6, 6.07) is 5.59. The van der Waals surface area contributed by atoms with Gasteiger partial charge in [-0.25, -0.2) is 13.6 Å². The number of hydrogen-bond donors (Lipinski definition) is 0. The van der Waals surface area contributed by atoms with Crippen LogP contribution >= 0.6 is 0 Å². The largest absolute Gasteiger partial charge is 0.427 e. The van der Waals surface area contributed by atoms with Crippen LogP contribution in [0.1, 0.15) is 133 Å². The van der Waals surface area contributed by atoms with E-state index < -0.39 is 17.6 Å². The lowest BCUT2D eigenvalue weighted by Crippen LogP contribution is -2.26. The van der Waals surface area contributed by atoms with Crippen LogP contribution in [0.5, 0.6) is 0 Å². The van der Waals surface area contributed by atoms with Crippen LogP contribution in [0.3, 0.4) is 0 Å². The van der Waals surface area contributed by atoms with Gasteiger partial charge in [0.2, 0.25) is 0 Å². The van der Waals surface area contributed by atoms with Crippen LogP contribution in [-0.2, 0) is 0 Å². The van der Waals surface area contributed by atoms with Gasteiger partial charge < -0.3 is 4.42 Å². The van der Waals surface area contributed by atoms with Crippen molar-refractivity contribution in [3.8, 4) is 0 Å². The van der Waals surface area contributed by atoms with Crippen molar-refractivity contribution in [3.63, 3.8) is 0 Å². The molecule has 2 aromatic rings. The molecule has 3 aliphatic rings. The number of benzene rings is 1. The van der Waals surface area contributed by atoms with Crippen molar-refractivity contribution >= 4 is 10.8 Å². The van der Waals surface area contributed by atoms with Crippen molar-refractivity contribution in [1.82, 2.24) is 0 Å². The van der Waals surface area contributed by atoms with E-state index in [0.29, 0.717) is 23.1 Å². The minimum absolute atomic E-state index is 0.0738. The van der Waals surface area contributed by atoms with Crippen LogP contribution < -0.4 is 5.63 Å². The average Bonchev–Trinajstić information content (AvgIpc) is 2.96.